The van der Waals surface area contributed by atoms with E-state index >= 15 is 0 Å². The molecule has 0 bridgehead atoms. The number of hydrogen-bond acceptors (Lipinski definition) is 2. The Hall–Kier alpha value is -1.52. The van der Waals surface area contributed by atoms with Crippen LogP contribution in [0.3, 0.4) is 0 Å². The van der Waals surface area contributed by atoms with Gasteiger partial charge in [0.2, 0.25) is 5.91 Å². The third-order valence-electron chi connectivity index (χ3n) is 2.48. The third-order valence-corrected chi connectivity index (χ3v) is 3.71. The maximum absolute atomic E-state index is 11.8. The molecule has 3 nitrogen and oxygen atoms in total. The van der Waals surface area contributed by atoms with Gasteiger partial charge in [0.15, 0.2) is 0 Å². The third kappa shape index (κ3) is 3.98. The molecule has 98 valence electrons. The highest BCUT2D eigenvalue weighted by atomic mass is 79.9. The molecule has 2 N–H and O–H groups in total. The van der Waals surface area contributed by atoms with E-state index in [9.17, 15) is 9.90 Å². The van der Waals surface area contributed by atoms with E-state index in [1.807, 2.05) is 0 Å². The highest BCUT2D eigenvalue weighted by molar-refractivity contribution is 9.10. The highest BCUT2D eigenvalue weighted by Gasteiger charge is 2.06. The lowest BCUT2D eigenvalue weighted by atomic mass is 10.1. The van der Waals surface area contributed by atoms with Crippen LogP contribution in [0.1, 0.15) is 5.56 Å². The molecule has 0 aliphatic rings. The number of hydrogen-bond donors (Lipinski definition) is 2. The van der Waals surface area contributed by atoms with Crippen molar-refractivity contribution in [2.24, 2.45) is 0 Å². The number of phenolic OH excluding ortho intramolecular Hbond substituents is 1. The van der Waals surface area contributed by atoms with Crippen molar-refractivity contribution in [3.63, 3.8) is 0 Å². The van der Waals surface area contributed by atoms with Crippen molar-refractivity contribution >= 4 is 39.1 Å². The predicted octanol–water partition coefficient (Wildman–Crippen LogP) is 3.99. The van der Waals surface area contributed by atoms with Crippen LogP contribution < -0.4 is 5.32 Å². The van der Waals surface area contributed by atoms with Gasteiger partial charge in [0.05, 0.1) is 11.4 Å². The smallest absolute Gasteiger partial charge is 0.228 e. The second-order valence-corrected chi connectivity index (χ2v) is 5.29. The molecule has 0 saturated heterocycles. The number of carbonyl (C=O) groups excluding carboxylic acids is 1. The number of benzene rings is 2. The number of aromatic hydroxyl groups is 1. The molecule has 0 spiro atoms. The summed E-state index contributed by atoms with van der Waals surface area (Å²) < 4.78 is 0.778. The van der Waals surface area contributed by atoms with Crippen LogP contribution >= 0.6 is 27.5 Å². The molecular weight excluding hydrogens is 330 g/mol. The molecule has 2 aromatic rings. The molecule has 0 saturated carbocycles. The lowest BCUT2D eigenvalue weighted by Gasteiger charge is -2.06. The Morgan fingerprint density at radius 1 is 1.26 bits per heavy atom. The Balaban J connectivity index is 2.03. The monoisotopic (exact) mass is 339 g/mol. The first-order valence-corrected chi connectivity index (χ1v) is 6.74. The fraction of sp³-hybridized carbons (Fsp3) is 0.0714. The largest absolute Gasteiger partial charge is 0.508 e. The van der Waals surface area contributed by atoms with Crippen molar-refractivity contribution in [2.45, 2.75) is 6.42 Å². The van der Waals surface area contributed by atoms with Crippen LogP contribution in [0.15, 0.2) is 46.9 Å². The van der Waals surface area contributed by atoms with E-state index in [0.717, 1.165) is 10.0 Å². The van der Waals surface area contributed by atoms with Crippen molar-refractivity contribution in [2.75, 3.05) is 5.32 Å². The van der Waals surface area contributed by atoms with Gasteiger partial charge in [-0.3, -0.25) is 4.79 Å². The zero-order valence-corrected chi connectivity index (χ0v) is 12.2. The Bertz CT molecular complexity index is 616. The molecule has 0 unspecified atom stereocenters. The van der Waals surface area contributed by atoms with Crippen molar-refractivity contribution in [1.29, 1.82) is 0 Å². The van der Waals surface area contributed by atoms with Gasteiger partial charge < -0.3 is 10.4 Å². The minimum Gasteiger partial charge on any atom is -0.508 e. The summed E-state index contributed by atoms with van der Waals surface area (Å²) >= 11 is 9.23. The fourth-order valence-corrected chi connectivity index (χ4v) is 2.06. The van der Waals surface area contributed by atoms with Gasteiger partial charge >= 0.3 is 0 Å². The number of halogens is 2. The Labute approximate surface area is 124 Å². The summed E-state index contributed by atoms with van der Waals surface area (Å²) in [5.74, 6) is -0.0130. The summed E-state index contributed by atoms with van der Waals surface area (Å²) in [6.45, 7) is 0. The molecule has 0 fully saturated rings. The second kappa shape index (κ2) is 6.08. The zero-order chi connectivity index (χ0) is 13.8. The number of phenols is 1. The molecule has 1 amide bonds. The number of nitrogens with one attached hydrogen (secondary N) is 1. The lowest BCUT2D eigenvalue weighted by Crippen LogP contribution is -2.14. The van der Waals surface area contributed by atoms with Crippen molar-refractivity contribution in [3.8, 4) is 5.75 Å². The van der Waals surface area contributed by atoms with Gasteiger partial charge in [0.1, 0.15) is 5.75 Å². The van der Waals surface area contributed by atoms with Crippen LogP contribution in [0.2, 0.25) is 5.02 Å². The highest BCUT2D eigenvalue weighted by Crippen LogP contribution is 2.25. The van der Waals surface area contributed by atoms with Crippen LogP contribution in [0, 0.1) is 0 Å². The molecule has 0 heterocycles. The molecular formula is C14H11BrClNO2. The molecule has 5 heteroatoms. The number of amides is 1. The number of carbonyl (C=O) groups is 1. The standard InChI is InChI=1S/C14H11BrClNO2/c15-12-5-4-10(8-13(12)16)17-14(19)7-9-2-1-3-11(18)6-9/h1-6,8,18H,7H2,(H,17,19). The van der Waals surface area contributed by atoms with E-state index in [-0.39, 0.29) is 18.1 Å². The average molecular weight is 341 g/mol. The van der Waals surface area contributed by atoms with E-state index in [2.05, 4.69) is 21.2 Å². The van der Waals surface area contributed by atoms with Gasteiger partial charge in [-0.2, -0.15) is 0 Å². The summed E-state index contributed by atoms with van der Waals surface area (Å²) in [6, 6.07) is 11.8. The SMILES string of the molecule is O=C(Cc1cccc(O)c1)Nc1ccc(Br)c(Cl)c1. The van der Waals surface area contributed by atoms with Crippen LogP contribution in [-0.4, -0.2) is 11.0 Å². The van der Waals surface area contributed by atoms with E-state index in [1.54, 1.807) is 42.5 Å². The summed E-state index contributed by atoms with van der Waals surface area (Å²) in [5.41, 5.74) is 1.39. The maximum Gasteiger partial charge on any atom is 0.228 e. The quantitative estimate of drug-likeness (QED) is 0.887. The van der Waals surface area contributed by atoms with Gasteiger partial charge in [0.25, 0.3) is 0 Å². The minimum atomic E-state index is -0.163. The minimum absolute atomic E-state index is 0.150. The van der Waals surface area contributed by atoms with E-state index in [1.165, 1.54) is 0 Å². The van der Waals surface area contributed by atoms with Gasteiger partial charge in [-0.05, 0) is 51.8 Å². The van der Waals surface area contributed by atoms with Gasteiger partial charge in [0, 0.05) is 10.2 Å². The molecule has 0 atom stereocenters. The lowest BCUT2D eigenvalue weighted by molar-refractivity contribution is -0.115. The van der Waals surface area contributed by atoms with Crippen LogP contribution in [0.5, 0.6) is 5.75 Å². The first-order chi connectivity index (χ1) is 9.04. The summed E-state index contributed by atoms with van der Waals surface area (Å²) in [5, 5.41) is 12.6. The average Bonchev–Trinajstić information content (AvgIpc) is 2.34. The maximum atomic E-state index is 11.8. The molecule has 2 rings (SSSR count). The predicted molar refractivity (Wildman–Crippen MR) is 79.6 cm³/mol. The Kier molecular flexibility index (Phi) is 4.45. The molecule has 2 aromatic carbocycles. The zero-order valence-electron chi connectivity index (χ0n) is 9.86. The summed E-state index contributed by atoms with van der Waals surface area (Å²) in [4.78, 5) is 11.8. The second-order valence-electron chi connectivity index (χ2n) is 4.02. The Morgan fingerprint density at radius 3 is 2.74 bits per heavy atom. The number of anilines is 1. The molecule has 0 aliphatic carbocycles. The summed E-state index contributed by atoms with van der Waals surface area (Å²) in [6.07, 6.45) is 0.197. The van der Waals surface area contributed by atoms with Gasteiger partial charge in [-0.25, -0.2) is 0 Å². The Morgan fingerprint density at radius 2 is 2.05 bits per heavy atom. The topological polar surface area (TPSA) is 49.3 Å². The van der Waals surface area contributed by atoms with Crippen LogP contribution in [0.4, 0.5) is 5.69 Å². The molecule has 0 aromatic heterocycles. The fourth-order valence-electron chi connectivity index (χ4n) is 1.63. The first-order valence-electron chi connectivity index (χ1n) is 5.57. The van der Waals surface area contributed by atoms with Crippen molar-refractivity contribution < 1.29 is 9.90 Å². The van der Waals surface area contributed by atoms with Gasteiger partial charge in [-0.15, -0.1) is 0 Å². The van der Waals surface area contributed by atoms with Crippen LogP contribution in [0.25, 0.3) is 0 Å². The van der Waals surface area contributed by atoms with Gasteiger partial charge in [-0.1, -0.05) is 23.7 Å². The normalized spacial score (nSPS) is 10.2. The molecule has 0 radical (unpaired) electrons. The molecule has 19 heavy (non-hydrogen) atoms. The van der Waals surface area contributed by atoms with E-state index in [4.69, 9.17) is 11.6 Å². The first kappa shape index (κ1) is 13.9. The molecule has 0 aliphatic heterocycles. The van der Waals surface area contributed by atoms with Crippen molar-refractivity contribution in [1.82, 2.24) is 0 Å². The van der Waals surface area contributed by atoms with Crippen LogP contribution in [-0.2, 0) is 11.2 Å². The summed E-state index contributed by atoms with van der Waals surface area (Å²) in [7, 11) is 0. The van der Waals surface area contributed by atoms with Crippen molar-refractivity contribution in [3.05, 3.63) is 57.5 Å². The van der Waals surface area contributed by atoms with E-state index in [0.29, 0.717) is 10.7 Å². The van der Waals surface area contributed by atoms with E-state index < -0.39 is 0 Å². The number of rotatable bonds is 3.